The number of nitrogens with one attached hydrogen (secondary N) is 2. The molecule has 0 spiro atoms. The Bertz CT molecular complexity index is 603. The van der Waals surface area contributed by atoms with Gasteiger partial charge in [-0.1, -0.05) is 23.8 Å². The van der Waals surface area contributed by atoms with E-state index < -0.39 is 0 Å². The van der Waals surface area contributed by atoms with Crippen LogP contribution in [0.25, 0.3) is 10.9 Å². The predicted octanol–water partition coefficient (Wildman–Crippen LogP) is 3.36. The monoisotopic (exact) mass is 240 g/mol. The maximum atomic E-state index is 3.47. The van der Waals surface area contributed by atoms with Crippen molar-refractivity contribution in [3.63, 3.8) is 0 Å². The molecule has 1 heterocycles. The zero-order valence-electron chi connectivity index (χ0n) is 11.2. The molecule has 0 saturated heterocycles. The molecular weight excluding hydrogens is 220 g/mol. The van der Waals surface area contributed by atoms with Gasteiger partial charge < -0.3 is 10.3 Å². The molecule has 0 fully saturated rings. The maximum absolute atomic E-state index is 3.47. The lowest BCUT2D eigenvalue weighted by Crippen LogP contribution is -2.35. The highest BCUT2D eigenvalue weighted by atomic mass is 14.9. The molecule has 0 radical (unpaired) electrons. The zero-order valence-corrected chi connectivity index (χ0v) is 11.2. The van der Waals surface area contributed by atoms with E-state index in [1.165, 1.54) is 27.6 Å². The first-order chi connectivity index (χ1) is 8.70. The lowest BCUT2D eigenvalue weighted by Gasteiger charge is -2.30. The lowest BCUT2D eigenvalue weighted by molar-refractivity contribution is 0.505. The third kappa shape index (κ3) is 1.68. The summed E-state index contributed by atoms with van der Waals surface area (Å²) in [6, 6.07) is 7.09. The van der Waals surface area contributed by atoms with Crippen LogP contribution in [0.1, 0.15) is 30.9 Å². The third-order valence-electron chi connectivity index (χ3n) is 3.94. The minimum Gasteiger partial charge on any atom is -0.361 e. The second kappa shape index (κ2) is 4.29. The van der Waals surface area contributed by atoms with Crippen molar-refractivity contribution in [3.8, 4) is 0 Å². The molecular formula is C16H20N2. The van der Waals surface area contributed by atoms with E-state index in [0.717, 1.165) is 6.42 Å². The Kier molecular flexibility index (Phi) is 2.75. The topological polar surface area (TPSA) is 27.8 Å². The summed E-state index contributed by atoms with van der Waals surface area (Å²) in [6.07, 6.45) is 5.66. The van der Waals surface area contributed by atoms with Crippen LogP contribution in [0.3, 0.4) is 0 Å². The van der Waals surface area contributed by atoms with Crippen molar-refractivity contribution >= 4 is 10.9 Å². The van der Waals surface area contributed by atoms with E-state index >= 15 is 0 Å². The Morgan fingerprint density at radius 2 is 2.22 bits per heavy atom. The molecule has 1 aromatic heterocycles. The predicted molar refractivity (Wildman–Crippen MR) is 77.0 cm³/mol. The SMILES string of the molecule is CN[C@H]1Cc2c[nH]c3cccc(c23)[C@@H]1C=C(C)C. The van der Waals surface area contributed by atoms with Gasteiger partial charge >= 0.3 is 0 Å². The number of benzene rings is 1. The van der Waals surface area contributed by atoms with E-state index in [9.17, 15) is 0 Å². The Morgan fingerprint density at radius 3 is 2.94 bits per heavy atom. The first-order valence-electron chi connectivity index (χ1n) is 6.62. The number of aromatic amines is 1. The Labute approximate surface area is 108 Å². The van der Waals surface area contributed by atoms with Crippen molar-refractivity contribution in [2.45, 2.75) is 32.2 Å². The molecule has 0 unspecified atom stereocenters. The van der Waals surface area contributed by atoms with Gasteiger partial charge in [-0.25, -0.2) is 0 Å². The first kappa shape index (κ1) is 11.5. The van der Waals surface area contributed by atoms with E-state index in [2.05, 4.69) is 61.7 Å². The van der Waals surface area contributed by atoms with E-state index in [1.807, 2.05) is 0 Å². The zero-order chi connectivity index (χ0) is 12.7. The summed E-state index contributed by atoms with van der Waals surface area (Å²) < 4.78 is 0. The molecule has 2 atom stereocenters. The van der Waals surface area contributed by atoms with Crippen LogP contribution >= 0.6 is 0 Å². The molecule has 1 aliphatic rings. The van der Waals surface area contributed by atoms with Crippen molar-refractivity contribution < 1.29 is 0 Å². The van der Waals surface area contributed by atoms with Gasteiger partial charge in [-0.3, -0.25) is 0 Å². The molecule has 0 bridgehead atoms. The quantitative estimate of drug-likeness (QED) is 0.774. The standard InChI is InChI=1S/C16H20N2/c1-10(2)7-13-12-5-4-6-14-16(12)11(9-18-14)8-15(13)17-3/h4-7,9,13,15,17-18H,8H2,1-3H3/t13-,15-/m0/s1. The third-order valence-corrected chi connectivity index (χ3v) is 3.94. The molecule has 0 saturated carbocycles. The van der Waals surface area contributed by atoms with Crippen molar-refractivity contribution in [3.05, 3.63) is 47.2 Å². The second-order valence-corrected chi connectivity index (χ2v) is 5.45. The highest BCUT2D eigenvalue weighted by Gasteiger charge is 2.28. The summed E-state index contributed by atoms with van der Waals surface area (Å²) in [4.78, 5) is 3.39. The molecule has 2 heteroatoms. The lowest BCUT2D eigenvalue weighted by atomic mass is 9.79. The van der Waals surface area contributed by atoms with Crippen LogP contribution in [0.15, 0.2) is 36.0 Å². The highest BCUT2D eigenvalue weighted by molar-refractivity contribution is 5.88. The van der Waals surface area contributed by atoms with Crippen LogP contribution in [0.4, 0.5) is 0 Å². The highest BCUT2D eigenvalue weighted by Crippen LogP contribution is 2.37. The van der Waals surface area contributed by atoms with Crippen LogP contribution < -0.4 is 5.32 Å². The fourth-order valence-corrected chi connectivity index (χ4v) is 3.15. The number of H-pyrrole nitrogens is 1. The number of hydrogen-bond acceptors (Lipinski definition) is 1. The van der Waals surface area contributed by atoms with Gasteiger partial charge in [0, 0.05) is 29.1 Å². The van der Waals surface area contributed by atoms with Crippen LogP contribution in [-0.2, 0) is 6.42 Å². The van der Waals surface area contributed by atoms with Gasteiger partial charge in [0.25, 0.3) is 0 Å². The summed E-state index contributed by atoms with van der Waals surface area (Å²) >= 11 is 0. The van der Waals surface area contributed by atoms with Crippen LogP contribution in [-0.4, -0.2) is 18.1 Å². The molecule has 18 heavy (non-hydrogen) atoms. The molecule has 2 aromatic rings. The van der Waals surface area contributed by atoms with Gasteiger partial charge in [0.2, 0.25) is 0 Å². The summed E-state index contributed by atoms with van der Waals surface area (Å²) in [5.74, 6) is 0.479. The smallest absolute Gasteiger partial charge is 0.0459 e. The van der Waals surface area contributed by atoms with Crippen LogP contribution in [0.5, 0.6) is 0 Å². The summed E-state index contributed by atoms with van der Waals surface area (Å²) in [7, 11) is 2.06. The molecule has 2 N–H and O–H groups in total. The van der Waals surface area contributed by atoms with Crippen LogP contribution in [0.2, 0.25) is 0 Å². The molecule has 3 rings (SSSR count). The van der Waals surface area contributed by atoms with E-state index in [4.69, 9.17) is 0 Å². The fourth-order valence-electron chi connectivity index (χ4n) is 3.15. The van der Waals surface area contributed by atoms with Crippen molar-refractivity contribution in [1.82, 2.24) is 10.3 Å². The van der Waals surface area contributed by atoms with Gasteiger partial charge in [0.15, 0.2) is 0 Å². The molecule has 0 aliphatic heterocycles. The molecule has 94 valence electrons. The van der Waals surface area contributed by atoms with E-state index in [-0.39, 0.29) is 0 Å². The Morgan fingerprint density at radius 1 is 1.39 bits per heavy atom. The average Bonchev–Trinajstić information content (AvgIpc) is 2.76. The summed E-state index contributed by atoms with van der Waals surface area (Å²) in [5.41, 5.74) is 5.55. The molecule has 0 amide bonds. The van der Waals surface area contributed by atoms with Gasteiger partial charge in [-0.15, -0.1) is 0 Å². The van der Waals surface area contributed by atoms with E-state index in [0.29, 0.717) is 12.0 Å². The second-order valence-electron chi connectivity index (χ2n) is 5.45. The summed E-state index contributed by atoms with van der Waals surface area (Å²) in [6.45, 7) is 4.36. The normalized spacial score (nSPS) is 22.2. The average molecular weight is 240 g/mol. The van der Waals surface area contributed by atoms with Crippen molar-refractivity contribution in [1.29, 1.82) is 0 Å². The number of likely N-dealkylation sites (N-methyl/N-ethyl adjacent to an activating group) is 1. The maximum Gasteiger partial charge on any atom is 0.0459 e. The minimum atomic E-state index is 0.479. The van der Waals surface area contributed by atoms with Gasteiger partial charge in [0.1, 0.15) is 0 Å². The molecule has 1 aliphatic carbocycles. The van der Waals surface area contributed by atoms with E-state index in [1.54, 1.807) is 0 Å². The fraction of sp³-hybridized carbons (Fsp3) is 0.375. The Hall–Kier alpha value is -1.54. The molecule has 2 nitrogen and oxygen atoms in total. The van der Waals surface area contributed by atoms with Crippen molar-refractivity contribution in [2.24, 2.45) is 0 Å². The first-order valence-corrected chi connectivity index (χ1v) is 6.62. The molecule has 1 aromatic carbocycles. The number of rotatable bonds is 2. The number of allylic oxidation sites excluding steroid dienone is 1. The largest absolute Gasteiger partial charge is 0.361 e. The summed E-state index contributed by atoms with van der Waals surface area (Å²) in [5, 5.41) is 4.91. The minimum absolute atomic E-state index is 0.479. The van der Waals surface area contributed by atoms with Gasteiger partial charge in [-0.2, -0.15) is 0 Å². The van der Waals surface area contributed by atoms with Gasteiger partial charge in [-0.05, 0) is 44.5 Å². The Balaban J connectivity index is 2.22. The van der Waals surface area contributed by atoms with Crippen LogP contribution in [0, 0.1) is 0 Å². The van der Waals surface area contributed by atoms with Gasteiger partial charge in [0.05, 0.1) is 0 Å². The number of aromatic nitrogens is 1. The van der Waals surface area contributed by atoms with Crippen molar-refractivity contribution in [2.75, 3.05) is 7.05 Å². The number of hydrogen-bond donors (Lipinski definition) is 2.